The highest BCUT2D eigenvalue weighted by molar-refractivity contribution is 5.98. The molecule has 0 radical (unpaired) electrons. The summed E-state index contributed by atoms with van der Waals surface area (Å²) in [4.78, 5) is 25.9. The third-order valence-corrected chi connectivity index (χ3v) is 13.2. The maximum absolute atomic E-state index is 13.7. The van der Waals surface area contributed by atoms with E-state index in [1.165, 1.54) is 70.3 Å². The first-order valence-corrected chi connectivity index (χ1v) is 18.3. The van der Waals surface area contributed by atoms with E-state index in [1.807, 2.05) is 0 Å². The van der Waals surface area contributed by atoms with Crippen LogP contribution in [0, 0.1) is 52.3 Å². The van der Waals surface area contributed by atoms with Gasteiger partial charge in [-0.2, -0.15) is 0 Å². The second-order valence-electron chi connectivity index (χ2n) is 17.4. The van der Waals surface area contributed by atoms with E-state index in [9.17, 15) is 14.7 Å². The molecule has 252 valence electrons. The fraction of sp³-hybridized carbons (Fsp3) is 0.795. The maximum Gasteiger partial charge on any atom is 0.412 e. The fourth-order valence-electron chi connectivity index (χ4n) is 11.1. The lowest BCUT2D eigenvalue weighted by Gasteiger charge is -2.63. The molecule has 3 N–H and O–H groups in total. The average molecular weight is 623 g/mol. The zero-order valence-electron chi connectivity index (χ0n) is 29.5. The van der Waals surface area contributed by atoms with Gasteiger partial charge in [-0.1, -0.05) is 60.3 Å². The largest absolute Gasteiger partial charge is 0.507 e. The van der Waals surface area contributed by atoms with Crippen molar-refractivity contribution in [3.63, 3.8) is 0 Å². The summed E-state index contributed by atoms with van der Waals surface area (Å²) in [5, 5.41) is 17.0. The molecule has 1 aromatic carbocycles. The maximum atomic E-state index is 13.7. The van der Waals surface area contributed by atoms with Gasteiger partial charge < -0.3 is 15.2 Å². The Bertz CT molecular complexity index is 1220. The lowest BCUT2D eigenvalue weighted by atomic mass is 9.43. The molecule has 0 bridgehead atoms. The van der Waals surface area contributed by atoms with Gasteiger partial charge in [0.2, 0.25) is 0 Å². The molecule has 2 unspecified atom stereocenters. The van der Waals surface area contributed by atoms with Crippen molar-refractivity contribution >= 4 is 17.7 Å². The van der Waals surface area contributed by atoms with E-state index in [1.54, 1.807) is 32.9 Å². The van der Waals surface area contributed by atoms with Gasteiger partial charge in [0.15, 0.2) is 0 Å². The highest BCUT2D eigenvalue weighted by Crippen LogP contribution is 2.68. The molecule has 0 aromatic heterocycles. The molecule has 6 nitrogen and oxygen atoms in total. The topological polar surface area (TPSA) is 87.7 Å². The number of phenols is 1. The molecule has 0 spiro atoms. The van der Waals surface area contributed by atoms with E-state index in [4.69, 9.17) is 4.74 Å². The van der Waals surface area contributed by atoms with E-state index in [0.29, 0.717) is 22.9 Å². The van der Waals surface area contributed by atoms with Crippen molar-refractivity contribution in [2.24, 2.45) is 52.3 Å². The average Bonchev–Trinajstić information content (AvgIpc) is 3.29. The molecule has 4 aliphatic rings. The highest BCUT2D eigenvalue weighted by Gasteiger charge is 2.62. The zero-order valence-corrected chi connectivity index (χ0v) is 29.5. The van der Waals surface area contributed by atoms with E-state index in [2.05, 4.69) is 45.3 Å². The molecule has 45 heavy (non-hydrogen) atoms. The molecule has 1 aromatic rings. The molecule has 4 fully saturated rings. The monoisotopic (exact) mass is 622 g/mol. The van der Waals surface area contributed by atoms with Gasteiger partial charge in [0.1, 0.15) is 11.4 Å². The molecule has 2 amide bonds. The van der Waals surface area contributed by atoms with Crippen molar-refractivity contribution < 1.29 is 19.4 Å². The Hall–Kier alpha value is -2.24. The van der Waals surface area contributed by atoms with Crippen LogP contribution in [0.15, 0.2) is 18.2 Å². The van der Waals surface area contributed by atoms with E-state index in [-0.39, 0.29) is 28.7 Å². The smallest absolute Gasteiger partial charge is 0.412 e. The number of hydrogen-bond acceptors (Lipinski definition) is 4. The summed E-state index contributed by atoms with van der Waals surface area (Å²) in [7, 11) is 0. The van der Waals surface area contributed by atoms with Crippen LogP contribution in [0.2, 0.25) is 0 Å². The molecule has 4 saturated carbocycles. The summed E-state index contributed by atoms with van der Waals surface area (Å²) in [5.41, 5.74) is 0.555. The molecular weight excluding hydrogens is 560 g/mol. The Morgan fingerprint density at radius 2 is 1.73 bits per heavy atom. The number of benzene rings is 1. The lowest BCUT2D eigenvalue weighted by Crippen LogP contribution is -2.61. The van der Waals surface area contributed by atoms with Gasteiger partial charge in [-0.25, -0.2) is 4.79 Å². The van der Waals surface area contributed by atoms with Crippen LogP contribution >= 0.6 is 0 Å². The van der Waals surface area contributed by atoms with Crippen molar-refractivity contribution in [2.45, 2.75) is 144 Å². The lowest BCUT2D eigenvalue weighted by molar-refractivity contribution is -0.126. The predicted molar refractivity (Wildman–Crippen MR) is 182 cm³/mol. The number of hydrogen-bond donors (Lipinski definition) is 3. The van der Waals surface area contributed by atoms with Gasteiger partial charge in [0.05, 0.1) is 5.56 Å². The summed E-state index contributed by atoms with van der Waals surface area (Å²) < 4.78 is 5.33. The first-order valence-electron chi connectivity index (χ1n) is 18.3. The third-order valence-electron chi connectivity index (χ3n) is 13.2. The van der Waals surface area contributed by atoms with Gasteiger partial charge in [-0.05, 0) is 137 Å². The van der Waals surface area contributed by atoms with Gasteiger partial charge in [0, 0.05) is 17.8 Å². The minimum atomic E-state index is -0.625. The number of anilines is 1. The van der Waals surface area contributed by atoms with Crippen LogP contribution in [-0.4, -0.2) is 28.7 Å². The summed E-state index contributed by atoms with van der Waals surface area (Å²) in [6, 6.07) is 4.80. The van der Waals surface area contributed by atoms with Gasteiger partial charge in [-0.3, -0.25) is 10.1 Å². The Balaban J connectivity index is 1.29. The summed E-state index contributed by atoms with van der Waals surface area (Å²) in [5.74, 6) is 4.94. The molecule has 0 aliphatic heterocycles. The molecule has 9 atom stereocenters. The number of phenolic OH excluding ortho intramolecular Hbond substituents is 1. The zero-order chi connectivity index (χ0) is 32.7. The number of carbonyl (C=O) groups excluding carboxylic acids is 2. The Morgan fingerprint density at radius 3 is 2.42 bits per heavy atom. The Kier molecular flexibility index (Phi) is 9.93. The van der Waals surface area contributed by atoms with Gasteiger partial charge >= 0.3 is 6.09 Å². The first kappa shape index (κ1) is 34.1. The predicted octanol–water partition coefficient (Wildman–Crippen LogP) is 9.96. The van der Waals surface area contributed by atoms with E-state index in [0.717, 1.165) is 42.4 Å². The van der Waals surface area contributed by atoms with Crippen LogP contribution in [0.25, 0.3) is 0 Å². The van der Waals surface area contributed by atoms with E-state index < -0.39 is 11.7 Å². The number of amides is 2. The molecule has 0 saturated heterocycles. The van der Waals surface area contributed by atoms with Crippen LogP contribution in [0.5, 0.6) is 5.75 Å². The minimum Gasteiger partial charge on any atom is -0.507 e. The Morgan fingerprint density at radius 1 is 0.978 bits per heavy atom. The number of ether oxygens (including phenoxy) is 1. The van der Waals surface area contributed by atoms with Crippen LogP contribution in [-0.2, 0) is 4.74 Å². The molecule has 5 rings (SSSR count). The van der Waals surface area contributed by atoms with Gasteiger partial charge in [0.25, 0.3) is 5.91 Å². The second-order valence-corrected chi connectivity index (χ2v) is 17.4. The normalized spacial score (nSPS) is 35.1. The molecular formula is C39H62N2O4. The molecule has 6 heteroatoms. The highest BCUT2D eigenvalue weighted by atomic mass is 16.6. The van der Waals surface area contributed by atoms with Gasteiger partial charge in [-0.15, -0.1) is 0 Å². The van der Waals surface area contributed by atoms with Crippen molar-refractivity contribution in [1.29, 1.82) is 0 Å². The second kappa shape index (κ2) is 13.1. The summed E-state index contributed by atoms with van der Waals surface area (Å²) >= 11 is 0. The van der Waals surface area contributed by atoms with Crippen LogP contribution in [0.1, 0.15) is 143 Å². The molecule has 4 aliphatic carbocycles. The standard InChI is InChI=1S/C39H62N2O4/c1-24(2)11-9-12-25(3)30-19-20-31-28-17-15-26-13-10-14-34(39(26,8)32(28)21-22-38(30,31)7)41-35(43)29-18-16-27(23-33(29)42)40-36(44)45-37(4,5)6/h16,18,23-26,28,30-32,34,42H,9-15,17,19-22H2,1-8H3,(H,40,44)(H,41,43)/t25-,26?,28+,30-,31+,32+,34?,38-,39+/m1/s1. The van der Waals surface area contributed by atoms with Crippen molar-refractivity contribution in [1.82, 2.24) is 5.32 Å². The van der Waals surface area contributed by atoms with Crippen LogP contribution in [0.3, 0.4) is 0 Å². The van der Waals surface area contributed by atoms with Crippen molar-refractivity contribution in [3.8, 4) is 5.75 Å². The third kappa shape index (κ3) is 6.91. The quantitative estimate of drug-likeness (QED) is 0.269. The number of aromatic hydroxyl groups is 1. The van der Waals surface area contributed by atoms with E-state index >= 15 is 0 Å². The Labute approximate surface area is 273 Å². The fourth-order valence-corrected chi connectivity index (χ4v) is 11.1. The number of rotatable bonds is 8. The number of nitrogens with one attached hydrogen (secondary N) is 2. The van der Waals surface area contributed by atoms with Crippen molar-refractivity contribution in [2.75, 3.05) is 5.32 Å². The minimum absolute atomic E-state index is 0.0763. The van der Waals surface area contributed by atoms with Crippen LogP contribution in [0.4, 0.5) is 10.5 Å². The van der Waals surface area contributed by atoms with Crippen LogP contribution < -0.4 is 10.6 Å². The summed E-state index contributed by atoms with van der Waals surface area (Å²) in [6.45, 7) is 17.8. The first-order chi connectivity index (χ1) is 21.1. The SMILES string of the molecule is CC(C)CCC[C@@H](C)[C@H]1CC[C@H]2[C@@H]3CCC4CCCC(NC(=O)c5ccc(NC(=O)OC(C)(C)C)cc5O)[C@]4(C)[C@H]3CC[C@]12C. The molecule has 0 heterocycles. The summed E-state index contributed by atoms with van der Waals surface area (Å²) in [6.07, 6.45) is 14.9. The number of fused-ring (bicyclic) bond motifs is 5. The number of carbonyl (C=O) groups is 2. The van der Waals surface area contributed by atoms with Crippen molar-refractivity contribution in [3.05, 3.63) is 23.8 Å².